The van der Waals surface area contributed by atoms with Crippen LogP contribution in [0.3, 0.4) is 0 Å². The normalized spacial score (nSPS) is 10.5. The fraction of sp³-hybridized carbons (Fsp3) is 0.300. The summed E-state index contributed by atoms with van der Waals surface area (Å²) >= 11 is 0. The molecule has 0 atom stereocenters. The summed E-state index contributed by atoms with van der Waals surface area (Å²) in [5.41, 5.74) is 0.520. The summed E-state index contributed by atoms with van der Waals surface area (Å²) < 4.78 is 24.3. The first kappa shape index (κ1) is 11.2. The summed E-state index contributed by atoms with van der Waals surface area (Å²) in [5, 5.41) is 0. The Bertz CT molecular complexity index is 285. The number of halogens is 2. The molecule has 0 aromatic heterocycles. The van der Waals surface area contributed by atoms with Gasteiger partial charge in [-0.2, -0.15) is 8.78 Å². The number of hydrogen-bond donors (Lipinski definition) is 0. The molecule has 0 amide bonds. The molecule has 0 heterocycles. The minimum Gasteiger partial charge on any atom is -0.289 e. The molecule has 0 bridgehead atoms. The molecule has 0 N–H and O–H groups in total. The first-order valence-corrected chi connectivity index (χ1v) is 5.85. The molecular formula is C10H11F2OS+. The van der Waals surface area contributed by atoms with Crippen LogP contribution in [0, 0.1) is 0 Å². The predicted octanol–water partition coefficient (Wildman–Crippen LogP) is 2.34. The molecule has 0 aliphatic heterocycles. The summed E-state index contributed by atoms with van der Waals surface area (Å²) in [5.74, 6) is -0.221. The van der Waals surface area contributed by atoms with Gasteiger partial charge < -0.3 is 0 Å². The lowest BCUT2D eigenvalue weighted by molar-refractivity contribution is 0.102. The van der Waals surface area contributed by atoms with Crippen LogP contribution in [0.15, 0.2) is 30.3 Å². The first-order chi connectivity index (χ1) is 6.77. The molecule has 0 unspecified atom stereocenters. The van der Waals surface area contributed by atoms with Crippen LogP contribution in [0.5, 0.6) is 0 Å². The fourth-order valence-corrected chi connectivity index (χ4v) is 1.75. The Morgan fingerprint density at radius 2 is 1.71 bits per heavy atom. The lowest BCUT2D eigenvalue weighted by Crippen LogP contribution is -2.19. The van der Waals surface area contributed by atoms with E-state index in [0.29, 0.717) is 5.56 Å². The smallest absolute Gasteiger partial charge is 0.248 e. The molecule has 0 saturated carbocycles. The third kappa shape index (κ3) is 3.10. The van der Waals surface area contributed by atoms with E-state index in [1.54, 1.807) is 30.3 Å². The number of carbonyl (C=O) groups excluding carboxylic acids is 1. The van der Waals surface area contributed by atoms with E-state index in [1.165, 1.54) is 0 Å². The molecule has 0 aliphatic carbocycles. The molecule has 14 heavy (non-hydrogen) atoms. The van der Waals surface area contributed by atoms with Crippen molar-refractivity contribution in [2.24, 2.45) is 0 Å². The van der Waals surface area contributed by atoms with E-state index in [9.17, 15) is 13.6 Å². The van der Waals surface area contributed by atoms with Crippen molar-refractivity contribution in [2.45, 2.75) is 0 Å². The van der Waals surface area contributed by atoms with Crippen molar-refractivity contribution < 1.29 is 13.6 Å². The Balaban J connectivity index is 2.59. The van der Waals surface area contributed by atoms with Crippen LogP contribution in [0.4, 0.5) is 8.78 Å². The summed E-state index contributed by atoms with van der Waals surface area (Å²) in [6.45, 7) is 0. The molecule has 1 nitrogen and oxygen atoms in total. The number of ketones is 1. The lowest BCUT2D eigenvalue weighted by atomic mass is 10.2. The second kappa shape index (κ2) is 5.75. The number of hydrogen-bond acceptors (Lipinski definition) is 1. The van der Waals surface area contributed by atoms with E-state index in [0.717, 1.165) is 0 Å². The zero-order valence-corrected chi connectivity index (χ0v) is 8.40. The van der Waals surface area contributed by atoms with Gasteiger partial charge in [0.15, 0.2) is 5.75 Å². The monoisotopic (exact) mass is 217 g/mol. The molecule has 0 aliphatic rings. The highest BCUT2D eigenvalue weighted by Crippen LogP contribution is 2.06. The van der Waals surface area contributed by atoms with E-state index in [4.69, 9.17) is 0 Å². The largest absolute Gasteiger partial charge is 0.289 e. The quantitative estimate of drug-likeness (QED) is 0.546. The summed E-state index contributed by atoms with van der Waals surface area (Å²) in [6.07, 6.45) is 0. The SMILES string of the molecule is O=C(C[S+](CF)CF)c1ccccc1. The van der Waals surface area contributed by atoms with Gasteiger partial charge in [-0.3, -0.25) is 4.79 Å². The average Bonchev–Trinajstić information content (AvgIpc) is 2.26. The van der Waals surface area contributed by atoms with E-state index in [1.807, 2.05) is 0 Å². The van der Waals surface area contributed by atoms with Gasteiger partial charge in [0.1, 0.15) is 0 Å². The maximum atomic E-state index is 12.2. The van der Waals surface area contributed by atoms with Gasteiger partial charge in [-0.25, -0.2) is 0 Å². The Morgan fingerprint density at radius 3 is 2.21 bits per heavy atom. The van der Waals surface area contributed by atoms with Crippen molar-refractivity contribution in [3.8, 4) is 0 Å². The van der Waals surface area contributed by atoms with Crippen LogP contribution in [-0.2, 0) is 10.9 Å². The maximum absolute atomic E-state index is 12.2. The fourth-order valence-electron chi connectivity index (χ4n) is 0.999. The van der Waals surface area contributed by atoms with Crippen molar-refractivity contribution >= 4 is 16.7 Å². The van der Waals surface area contributed by atoms with Gasteiger partial charge in [-0.15, -0.1) is 0 Å². The second-order valence-corrected chi connectivity index (χ2v) is 4.71. The van der Waals surface area contributed by atoms with E-state index >= 15 is 0 Å². The number of Topliss-reactive ketones (excluding diaryl/α,β-unsaturated/α-hetero) is 1. The molecule has 76 valence electrons. The molecule has 4 heteroatoms. The highest BCUT2D eigenvalue weighted by atomic mass is 32.2. The molecule has 1 aromatic carbocycles. The minimum atomic E-state index is -1.05. The first-order valence-electron chi connectivity index (χ1n) is 4.12. The van der Waals surface area contributed by atoms with E-state index in [2.05, 4.69) is 0 Å². The molecule has 0 saturated heterocycles. The van der Waals surface area contributed by atoms with Crippen molar-refractivity contribution in [3.63, 3.8) is 0 Å². The van der Waals surface area contributed by atoms with E-state index < -0.39 is 22.9 Å². The van der Waals surface area contributed by atoms with Gasteiger partial charge in [0.2, 0.25) is 17.8 Å². The van der Waals surface area contributed by atoms with Gasteiger partial charge in [0, 0.05) is 5.56 Å². The van der Waals surface area contributed by atoms with Crippen molar-refractivity contribution in [2.75, 3.05) is 17.8 Å². The van der Waals surface area contributed by atoms with Crippen LogP contribution < -0.4 is 0 Å². The Hall–Kier alpha value is -0.900. The predicted molar refractivity (Wildman–Crippen MR) is 55.0 cm³/mol. The van der Waals surface area contributed by atoms with Gasteiger partial charge >= 0.3 is 0 Å². The number of carbonyl (C=O) groups is 1. The Labute approximate surface area is 84.5 Å². The van der Waals surface area contributed by atoms with Crippen molar-refractivity contribution in [3.05, 3.63) is 35.9 Å². The van der Waals surface area contributed by atoms with Gasteiger partial charge in [0.25, 0.3) is 0 Å². The van der Waals surface area contributed by atoms with Gasteiger partial charge in [0.05, 0.1) is 10.9 Å². The highest BCUT2D eigenvalue weighted by molar-refractivity contribution is 7.97. The minimum absolute atomic E-state index is 0.0307. The summed E-state index contributed by atoms with van der Waals surface area (Å²) in [7, 11) is -1.05. The van der Waals surface area contributed by atoms with Gasteiger partial charge in [-0.05, 0) is 0 Å². The van der Waals surface area contributed by atoms with Crippen molar-refractivity contribution in [1.82, 2.24) is 0 Å². The third-order valence-electron chi connectivity index (χ3n) is 1.74. The summed E-state index contributed by atoms with van der Waals surface area (Å²) in [6, 6.07) is 7.05. The Morgan fingerprint density at radius 1 is 1.14 bits per heavy atom. The highest BCUT2D eigenvalue weighted by Gasteiger charge is 2.22. The zero-order chi connectivity index (χ0) is 10.4. The zero-order valence-electron chi connectivity index (χ0n) is 7.58. The van der Waals surface area contributed by atoms with Crippen LogP contribution in [-0.4, -0.2) is 23.5 Å². The van der Waals surface area contributed by atoms with Crippen LogP contribution >= 0.6 is 0 Å². The topological polar surface area (TPSA) is 17.1 Å². The number of alkyl halides is 2. The standard InChI is InChI=1S/C10H11F2OS/c11-7-14(8-12)6-10(13)9-4-2-1-3-5-9/h1-5H,6-8H2/q+1. The molecule has 1 aromatic rings. The molecule has 1 rings (SSSR count). The van der Waals surface area contributed by atoms with Crippen molar-refractivity contribution in [1.29, 1.82) is 0 Å². The molecular weight excluding hydrogens is 206 g/mol. The third-order valence-corrected chi connectivity index (χ3v) is 3.03. The Kier molecular flexibility index (Phi) is 4.59. The van der Waals surface area contributed by atoms with Crippen LogP contribution in [0.2, 0.25) is 0 Å². The average molecular weight is 217 g/mol. The van der Waals surface area contributed by atoms with Crippen LogP contribution in [0.25, 0.3) is 0 Å². The maximum Gasteiger partial charge on any atom is 0.248 e. The van der Waals surface area contributed by atoms with Gasteiger partial charge in [-0.1, -0.05) is 30.3 Å². The molecule has 0 spiro atoms. The molecule has 0 radical (unpaired) electrons. The second-order valence-electron chi connectivity index (χ2n) is 2.76. The number of rotatable bonds is 5. The van der Waals surface area contributed by atoms with Crippen LogP contribution in [0.1, 0.15) is 10.4 Å². The number of benzene rings is 1. The van der Waals surface area contributed by atoms with E-state index in [-0.39, 0.29) is 11.5 Å². The molecule has 0 fully saturated rings. The lowest BCUT2D eigenvalue weighted by Gasteiger charge is -1.99. The summed E-state index contributed by atoms with van der Waals surface area (Å²) in [4.78, 5) is 11.4.